The molecule has 0 spiro atoms. The zero-order chi connectivity index (χ0) is 15.3. The summed E-state index contributed by atoms with van der Waals surface area (Å²) in [6.07, 6.45) is 5.34. The highest BCUT2D eigenvalue weighted by Crippen LogP contribution is 2.06. The largest absolute Gasteiger partial charge is 0.357 e. The number of rotatable bonds is 3. The molecular weight excluding hydrogens is 282 g/mol. The number of nitrogens with one attached hydrogen (secondary N) is 2. The molecule has 2 N–H and O–H groups in total. The van der Waals surface area contributed by atoms with Crippen molar-refractivity contribution in [2.75, 3.05) is 0 Å². The van der Waals surface area contributed by atoms with Crippen LogP contribution in [0.3, 0.4) is 0 Å². The summed E-state index contributed by atoms with van der Waals surface area (Å²) < 4.78 is 1.80. The first kappa shape index (κ1) is 15.2. The molecule has 0 bridgehead atoms. The zero-order valence-corrected chi connectivity index (χ0v) is 13.2. The Morgan fingerprint density at radius 1 is 1.29 bits per heavy atom. The molecule has 0 aliphatic rings. The molecule has 0 radical (unpaired) electrons. The molecule has 21 heavy (non-hydrogen) atoms. The van der Waals surface area contributed by atoms with E-state index >= 15 is 0 Å². The van der Waals surface area contributed by atoms with E-state index in [0.29, 0.717) is 5.11 Å². The summed E-state index contributed by atoms with van der Waals surface area (Å²) >= 11 is 5.14. The van der Waals surface area contributed by atoms with E-state index in [1.807, 2.05) is 57.3 Å². The van der Waals surface area contributed by atoms with Crippen molar-refractivity contribution in [3.63, 3.8) is 0 Å². The molecule has 1 aromatic carbocycles. The number of thiocarbonyl (C=S) groups is 1. The zero-order valence-electron chi connectivity index (χ0n) is 12.4. The first-order valence-electron chi connectivity index (χ1n) is 6.65. The van der Waals surface area contributed by atoms with Crippen LogP contribution in [0.5, 0.6) is 0 Å². The van der Waals surface area contributed by atoms with Crippen molar-refractivity contribution in [3.05, 3.63) is 48.3 Å². The van der Waals surface area contributed by atoms with Crippen LogP contribution < -0.4 is 10.7 Å². The van der Waals surface area contributed by atoms with Gasteiger partial charge in [0.25, 0.3) is 0 Å². The Balaban J connectivity index is 1.94. The maximum absolute atomic E-state index is 5.14. The normalized spacial score (nSPS) is 11.6. The molecule has 0 aliphatic heterocycles. The van der Waals surface area contributed by atoms with Gasteiger partial charge in [0.1, 0.15) is 0 Å². The van der Waals surface area contributed by atoms with Crippen LogP contribution in [0.1, 0.15) is 26.3 Å². The predicted octanol–water partition coefficient (Wildman–Crippen LogP) is 2.47. The number of aromatic nitrogens is 2. The number of hydrogen-bond donors (Lipinski definition) is 2. The smallest absolute Gasteiger partial charge is 0.187 e. The van der Waals surface area contributed by atoms with Crippen LogP contribution >= 0.6 is 12.2 Å². The fraction of sp³-hybridized carbons (Fsp3) is 0.267. The van der Waals surface area contributed by atoms with Crippen LogP contribution in [0.4, 0.5) is 0 Å². The number of hydrogen-bond acceptors (Lipinski definition) is 3. The standard InChI is InChI=1S/C15H19N5S/c1-15(2,3)18-14(21)19-16-9-12-10-17-20(11-12)13-7-5-4-6-8-13/h4-11H,1-3H3,(H2,18,19,21)/b16-9-. The van der Waals surface area contributed by atoms with E-state index in [0.717, 1.165) is 11.3 Å². The van der Waals surface area contributed by atoms with Crippen LogP contribution in [0, 0.1) is 0 Å². The number of nitrogens with zero attached hydrogens (tertiary/aromatic N) is 3. The first-order chi connectivity index (χ1) is 9.94. The van der Waals surface area contributed by atoms with Crippen LogP contribution in [0.2, 0.25) is 0 Å². The monoisotopic (exact) mass is 301 g/mol. The lowest BCUT2D eigenvalue weighted by Gasteiger charge is -2.21. The second-order valence-corrected chi connectivity index (χ2v) is 6.04. The lowest BCUT2D eigenvalue weighted by atomic mass is 10.1. The van der Waals surface area contributed by atoms with E-state index in [1.165, 1.54) is 0 Å². The Kier molecular flexibility index (Phi) is 4.70. The van der Waals surface area contributed by atoms with E-state index in [2.05, 4.69) is 20.9 Å². The van der Waals surface area contributed by atoms with Crippen molar-refractivity contribution in [3.8, 4) is 5.69 Å². The molecular formula is C15H19N5S. The summed E-state index contributed by atoms with van der Waals surface area (Å²) in [6, 6.07) is 9.91. The number of para-hydroxylation sites is 1. The van der Waals surface area contributed by atoms with Gasteiger partial charge in [-0.25, -0.2) is 4.68 Å². The first-order valence-corrected chi connectivity index (χ1v) is 7.06. The molecule has 2 rings (SSSR count). The van der Waals surface area contributed by atoms with E-state index in [4.69, 9.17) is 12.2 Å². The molecule has 110 valence electrons. The Hall–Kier alpha value is -2.21. The van der Waals surface area contributed by atoms with Crippen LogP contribution in [0.15, 0.2) is 47.8 Å². The molecule has 0 saturated carbocycles. The maximum atomic E-state index is 5.14. The van der Waals surface area contributed by atoms with Gasteiger partial charge in [0, 0.05) is 17.3 Å². The van der Waals surface area contributed by atoms with Gasteiger partial charge in [-0.15, -0.1) is 0 Å². The third-order valence-corrected chi connectivity index (χ3v) is 2.68. The van der Waals surface area contributed by atoms with Crippen LogP contribution in [-0.2, 0) is 0 Å². The summed E-state index contributed by atoms with van der Waals surface area (Å²) in [7, 11) is 0. The van der Waals surface area contributed by atoms with Gasteiger partial charge < -0.3 is 5.32 Å². The average molecular weight is 301 g/mol. The third kappa shape index (κ3) is 5.00. The minimum Gasteiger partial charge on any atom is -0.357 e. The third-order valence-electron chi connectivity index (χ3n) is 2.49. The molecule has 0 atom stereocenters. The van der Waals surface area contributed by atoms with Crippen molar-refractivity contribution in [1.82, 2.24) is 20.5 Å². The number of benzene rings is 1. The Morgan fingerprint density at radius 3 is 2.67 bits per heavy atom. The van der Waals surface area contributed by atoms with Crippen molar-refractivity contribution in [2.45, 2.75) is 26.3 Å². The van der Waals surface area contributed by atoms with Crippen molar-refractivity contribution >= 4 is 23.5 Å². The Morgan fingerprint density at radius 2 is 2.00 bits per heavy atom. The van der Waals surface area contributed by atoms with Crippen LogP contribution in [-0.4, -0.2) is 26.6 Å². The van der Waals surface area contributed by atoms with Crippen molar-refractivity contribution in [2.24, 2.45) is 5.10 Å². The number of hydrazone groups is 1. The van der Waals surface area contributed by atoms with E-state index in [9.17, 15) is 0 Å². The SMILES string of the molecule is CC(C)(C)NC(=S)N/N=C\c1cnn(-c2ccccc2)c1. The van der Waals surface area contributed by atoms with Crippen molar-refractivity contribution < 1.29 is 0 Å². The average Bonchev–Trinajstić information content (AvgIpc) is 2.86. The van der Waals surface area contributed by atoms with E-state index in [1.54, 1.807) is 17.1 Å². The molecule has 0 saturated heterocycles. The summed E-state index contributed by atoms with van der Waals surface area (Å²) in [4.78, 5) is 0. The molecule has 0 unspecified atom stereocenters. The highest BCUT2D eigenvalue weighted by molar-refractivity contribution is 7.80. The second kappa shape index (κ2) is 6.49. The van der Waals surface area contributed by atoms with Crippen LogP contribution in [0.25, 0.3) is 5.69 Å². The molecule has 6 heteroatoms. The second-order valence-electron chi connectivity index (χ2n) is 5.63. The lowest BCUT2D eigenvalue weighted by Crippen LogP contribution is -2.44. The quantitative estimate of drug-likeness (QED) is 0.519. The molecule has 0 amide bonds. The fourth-order valence-corrected chi connectivity index (χ4v) is 2.02. The molecule has 0 aliphatic carbocycles. The minimum absolute atomic E-state index is 0.0855. The van der Waals surface area contributed by atoms with Gasteiger partial charge in [-0.1, -0.05) is 18.2 Å². The molecule has 2 aromatic rings. The van der Waals surface area contributed by atoms with Crippen molar-refractivity contribution in [1.29, 1.82) is 0 Å². The molecule has 5 nitrogen and oxygen atoms in total. The summed E-state index contributed by atoms with van der Waals surface area (Å²) in [5, 5.41) is 12.0. The minimum atomic E-state index is -0.0855. The van der Waals surface area contributed by atoms with Gasteiger partial charge in [-0.05, 0) is 45.1 Å². The maximum Gasteiger partial charge on any atom is 0.187 e. The van der Waals surface area contributed by atoms with Gasteiger partial charge in [-0.2, -0.15) is 10.2 Å². The Labute approximate surface area is 130 Å². The highest BCUT2D eigenvalue weighted by atomic mass is 32.1. The Bertz CT molecular complexity index is 625. The van der Waals surface area contributed by atoms with Gasteiger partial charge in [0.2, 0.25) is 0 Å². The lowest BCUT2D eigenvalue weighted by molar-refractivity contribution is 0.508. The summed E-state index contributed by atoms with van der Waals surface area (Å²) in [5.74, 6) is 0. The highest BCUT2D eigenvalue weighted by Gasteiger charge is 2.09. The van der Waals surface area contributed by atoms with E-state index < -0.39 is 0 Å². The molecule has 0 fully saturated rings. The van der Waals surface area contributed by atoms with Gasteiger partial charge in [-0.3, -0.25) is 5.43 Å². The van der Waals surface area contributed by atoms with E-state index in [-0.39, 0.29) is 5.54 Å². The topological polar surface area (TPSA) is 54.2 Å². The van der Waals surface area contributed by atoms with Gasteiger partial charge >= 0.3 is 0 Å². The molecule has 1 heterocycles. The van der Waals surface area contributed by atoms with Gasteiger partial charge in [0.05, 0.1) is 18.1 Å². The summed E-state index contributed by atoms with van der Waals surface area (Å²) in [5.41, 5.74) is 4.61. The fourth-order valence-electron chi connectivity index (χ4n) is 1.66. The van der Waals surface area contributed by atoms with Gasteiger partial charge in [0.15, 0.2) is 5.11 Å². The predicted molar refractivity (Wildman–Crippen MR) is 89.8 cm³/mol. The molecule has 1 aromatic heterocycles. The summed E-state index contributed by atoms with van der Waals surface area (Å²) in [6.45, 7) is 6.11.